The van der Waals surface area contributed by atoms with Gasteiger partial charge in [-0.2, -0.15) is 0 Å². The molecule has 0 aromatic rings. The smallest absolute Gasteiger partial charge is 0.00000375 e. The largest absolute Gasteiger partial charge is 0.0775 e. The number of hydrogen-bond donors (Lipinski definition) is 0. The third-order valence-electron chi connectivity index (χ3n) is 0.619. The zero-order valence-corrected chi connectivity index (χ0v) is 8.45. The van der Waals surface area contributed by atoms with E-state index in [1.807, 2.05) is 12.5 Å². The van der Waals surface area contributed by atoms with Crippen molar-refractivity contribution < 1.29 is 0 Å². The first-order valence-corrected chi connectivity index (χ1v) is 5.42. The molecular formula is C10H6S2. The summed E-state index contributed by atoms with van der Waals surface area (Å²) >= 11 is 2.86. The van der Waals surface area contributed by atoms with E-state index in [0.29, 0.717) is 0 Å². The summed E-state index contributed by atoms with van der Waals surface area (Å²) in [5, 5.41) is 5.47. The minimum Gasteiger partial charge on any atom is -0.0775 e. The van der Waals surface area contributed by atoms with Gasteiger partial charge < -0.3 is 0 Å². The van der Waals surface area contributed by atoms with E-state index in [1.165, 1.54) is 23.5 Å². The summed E-state index contributed by atoms with van der Waals surface area (Å²) in [7, 11) is 0. The first kappa shape index (κ1) is 10.9. The Kier molecular flexibility index (Phi) is 9.06. The normalized spacial score (nSPS) is 5.17. The molecule has 0 aliphatic rings. The third-order valence-corrected chi connectivity index (χ3v) is 1.23. The number of hydrogen-bond acceptors (Lipinski definition) is 2. The van der Waals surface area contributed by atoms with Crippen LogP contribution in [0.15, 0.2) is 0 Å². The van der Waals surface area contributed by atoms with Gasteiger partial charge in [0.05, 0.1) is 0 Å². The van der Waals surface area contributed by atoms with Crippen LogP contribution in [0.25, 0.3) is 0 Å². The molecule has 2 heteroatoms. The summed E-state index contributed by atoms with van der Waals surface area (Å²) in [5.41, 5.74) is 0. The van der Waals surface area contributed by atoms with E-state index in [1.54, 1.807) is 0 Å². The van der Waals surface area contributed by atoms with Crippen LogP contribution >= 0.6 is 23.5 Å². The lowest BCUT2D eigenvalue weighted by Gasteiger charge is -1.61. The molecule has 0 N–H and O–H groups in total. The zero-order chi connectivity index (χ0) is 9.07. The van der Waals surface area contributed by atoms with Crippen LogP contribution in [-0.2, 0) is 0 Å². The standard InChI is InChI=1S/C10H6S2/c1-11-9-7-5-3-4-6-8-10-12-2/h1-2H3. The molecule has 0 unspecified atom stereocenters. The Morgan fingerprint density at radius 2 is 0.917 bits per heavy atom. The maximum absolute atomic E-state index is 2.74. The molecule has 0 heterocycles. The molecule has 0 aromatic heterocycles. The second-order valence-electron chi connectivity index (χ2n) is 1.36. The molecule has 0 rings (SSSR count). The Labute approximate surface area is 82.3 Å². The fraction of sp³-hybridized carbons (Fsp3) is 0.200. The second kappa shape index (κ2) is 9.94. The highest BCUT2D eigenvalue weighted by Crippen LogP contribution is 1.82. The predicted molar refractivity (Wildman–Crippen MR) is 58.1 cm³/mol. The molecule has 0 aliphatic heterocycles. The summed E-state index contributed by atoms with van der Waals surface area (Å²) in [6, 6.07) is 0. The summed E-state index contributed by atoms with van der Waals surface area (Å²) < 4.78 is 0. The van der Waals surface area contributed by atoms with Crippen LogP contribution in [0.1, 0.15) is 0 Å². The van der Waals surface area contributed by atoms with E-state index in [2.05, 4.69) is 46.0 Å². The van der Waals surface area contributed by atoms with Gasteiger partial charge in [0.2, 0.25) is 0 Å². The fourth-order valence-corrected chi connectivity index (χ4v) is 0.584. The van der Waals surface area contributed by atoms with E-state index in [4.69, 9.17) is 0 Å². The van der Waals surface area contributed by atoms with Gasteiger partial charge in [0, 0.05) is 0 Å². The van der Waals surface area contributed by atoms with Crippen LogP contribution in [0.4, 0.5) is 0 Å². The molecule has 0 spiro atoms. The van der Waals surface area contributed by atoms with Crippen molar-refractivity contribution in [3.05, 3.63) is 0 Å². The van der Waals surface area contributed by atoms with E-state index in [0.717, 1.165) is 0 Å². The lowest BCUT2D eigenvalue weighted by Crippen LogP contribution is -1.52. The van der Waals surface area contributed by atoms with Crippen molar-refractivity contribution in [2.24, 2.45) is 0 Å². The topological polar surface area (TPSA) is 0 Å². The Balaban J connectivity index is 3.90. The van der Waals surface area contributed by atoms with Crippen molar-refractivity contribution >= 4 is 23.5 Å². The Morgan fingerprint density at radius 3 is 1.25 bits per heavy atom. The third kappa shape index (κ3) is 8.94. The van der Waals surface area contributed by atoms with Gasteiger partial charge in [-0.3, -0.25) is 0 Å². The minimum absolute atomic E-state index is 1.43. The van der Waals surface area contributed by atoms with Crippen LogP contribution in [-0.4, -0.2) is 12.5 Å². The lowest BCUT2D eigenvalue weighted by molar-refractivity contribution is 2.39. The van der Waals surface area contributed by atoms with Gasteiger partial charge in [0.1, 0.15) is 0 Å². The minimum atomic E-state index is 1.43. The van der Waals surface area contributed by atoms with E-state index < -0.39 is 0 Å². The van der Waals surface area contributed by atoms with Gasteiger partial charge in [0.25, 0.3) is 0 Å². The molecule has 0 aliphatic carbocycles. The molecule has 0 saturated heterocycles. The summed E-state index contributed by atoms with van der Waals surface area (Å²) in [6.07, 6.45) is 3.79. The van der Waals surface area contributed by atoms with Crippen LogP contribution < -0.4 is 0 Å². The SMILES string of the molecule is CSC#CC#CC#CC#CSC. The second-order valence-corrected chi connectivity index (χ2v) is 2.59. The number of thioether (sulfide) groups is 2. The molecule has 0 nitrogen and oxygen atoms in total. The van der Waals surface area contributed by atoms with E-state index in [9.17, 15) is 0 Å². The van der Waals surface area contributed by atoms with Crippen molar-refractivity contribution in [3.63, 3.8) is 0 Å². The summed E-state index contributed by atoms with van der Waals surface area (Å²) in [5.74, 6) is 15.5. The maximum Gasteiger partial charge on any atom is -0.00000375 e. The van der Waals surface area contributed by atoms with Crippen molar-refractivity contribution in [2.75, 3.05) is 12.5 Å². The van der Waals surface area contributed by atoms with Crippen LogP contribution in [0.2, 0.25) is 0 Å². The molecule has 0 atom stereocenters. The Morgan fingerprint density at radius 1 is 0.583 bits per heavy atom. The van der Waals surface area contributed by atoms with Gasteiger partial charge in [-0.05, 0) is 58.5 Å². The molecule has 0 saturated carbocycles. The van der Waals surface area contributed by atoms with Gasteiger partial charge in [-0.15, -0.1) is 0 Å². The predicted octanol–water partition coefficient (Wildman–Crippen LogP) is 1.64. The molecule has 0 bridgehead atoms. The van der Waals surface area contributed by atoms with Gasteiger partial charge in [-0.25, -0.2) is 0 Å². The Hall–Kier alpha value is -1.06. The van der Waals surface area contributed by atoms with Crippen LogP contribution in [0.3, 0.4) is 0 Å². The van der Waals surface area contributed by atoms with E-state index >= 15 is 0 Å². The average Bonchev–Trinajstić information content (AvgIpc) is 2.10. The molecule has 0 fully saturated rings. The molecule has 0 aromatic carbocycles. The monoisotopic (exact) mass is 190 g/mol. The Bertz CT molecular complexity index is 312. The molecule has 0 radical (unpaired) electrons. The van der Waals surface area contributed by atoms with Gasteiger partial charge in [-0.1, -0.05) is 23.5 Å². The van der Waals surface area contributed by atoms with Gasteiger partial charge >= 0.3 is 0 Å². The average molecular weight is 190 g/mol. The highest BCUT2D eigenvalue weighted by molar-refractivity contribution is 8.03. The van der Waals surface area contributed by atoms with Crippen molar-refractivity contribution in [1.29, 1.82) is 0 Å². The molecule has 58 valence electrons. The van der Waals surface area contributed by atoms with Gasteiger partial charge in [0.15, 0.2) is 0 Å². The van der Waals surface area contributed by atoms with Crippen molar-refractivity contribution in [1.82, 2.24) is 0 Å². The number of rotatable bonds is 0. The highest BCUT2D eigenvalue weighted by Gasteiger charge is 1.58. The van der Waals surface area contributed by atoms with Crippen LogP contribution in [0.5, 0.6) is 0 Å². The molecule has 0 amide bonds. The first-order valence-electron chi connectivity index (χ1n) is 2.97. The highest BCUT2D eigenvalue weighted by atomic mass is 32.2. The summed E-state index contributed by atoms with van der Waals surface area (Å²) in [4.78, 5) is 0. The maximum atomic E-state index is 2.74. The zero-order valence-electron chi connectivity index (χ0n) is 6.82. The fourth-order valence-electron chi connectivity index (χ4n) is 0.278. The lowest BCUT2D eigenvalue weighted by atomic mass is 10.5. The first-order chi connectivity index (χ1) is 5.91. The quantitative estimate of drug-likeness (QED) is 0.533. The summed E-state index contributed by atoms with van der Waals surface area (Å²) in [6.45, 7) is 0. The van der Waals surface area contributed by atoms with Crippen molar-refractivity contribution in [2.45, 2.75) is 0 Å². The van der Waals surface area contributed by atoms with Crippen molar-refractivity contribution in [3.8, 4) is 46.0 Å². The molecule has 12 heavy (non-hydrogen) atoms. The van der Waals surface area contributed by atoms with Crippen LogP contribution in [0, 0.1) is 46.0 Å². The molecular weight excluding hydrogens is 184 g/mol. The van der Waals surface area contributed by atoms with E-state index in [-0.39, 0.29) is 0 Å².